The molecule has 0 radical (unpaired) electrons. The molecular weight excluding hydrogens is 385 g/mol. The number of nitrogens with one attached hydrogen (secondary N) is 1. The maximum atomic E-state index is 13.2. The molecule has 1 N–H and O–H groups in total. The van der Waals surface area contributed by atoms with E-state index in [9.17, 15) is 18.0 Å². The monoisotopic (exact) mass is 404 g/mol. The number of ether oxygens (including phenoxy) is 2. The van der Waals surface area contributed by atoms with Crippen molar-refractivity contribution in [2.24, 2.45) is 0 Å². The second-order valence-electron chi connectivity index (χ2n) is 6.60. The topological polar surface area (TPSA) is 60.5 Å². The lowest BCUT2D eigenvalue weighted by Gasteiger charge is -2.14. The number of alkyl halides is 3. The minimum absolute atomic E-state index is 0.0883. The molecule has 0 fully saturated rings. The van der Waals surface area contributed by atoms with Gasteiger partial charge >= 0.3 is 6.18 Å². The van der Waals surface area contributed by atoms with Crippen LogP contribution in [0.5, 0.6) is 11.5 Å². The minimum atomic E-state index is -4.65. The Balaban J connectivity index is 1.86. The molecular formula is C21H19F3N2O3. The number of anilines is 1. The van der Waals surface area contributed by atoms with E-state index in [1.165, 1.54) is 25.3 Å². The van der Waals surface area contributed by atoms with Gasteiger partial charge in [0.2, 0.25) is 0 Å². The van der Waals surface area contributed by atoms with Gasteiger partial charge in [0, 0.05) is 17.1 Å². The van der Waals surface area contributed by atoms with Crippen LogP contribution in [0.2, 0.25) is 0 Å². The molecule has 3 aromatic rings. The normalized spacial score (nSPS) is 11.4. The first kappa shape index (κ1) is 20.4. The van der Waals surface area contributed by atoms with Crippen molar-refractivity contribution in [1.82, 2.24) is 4.98 Å². The Morgan fingerprint density at radius 1 is 1.07 bits per heavy atom. The van der Waals surface area contributed by atoms with E-state index in [2.05, 4.69) is 10.3 Å². The van der Waals surface area contributed by atoms with E-state index in [4.69, 9.17) is 9.47 Å². The highest BCUT2D eigenvalue weighted by Gasteiger charge is 2.33. The number of benzene rings is 2. The molecule has 29 heavy (non-hydrogen) atoms. The number of amides is 1. The van der Waals surface area contributed by atoms with Gasteiger partial charge in [-0.2, -0.15) is 13.2 Å². The zero-order valence-electron chi connectivity index (χ0n) is 16.1. The molecule has 0 aliphatic rings. The highest BCUT2D eigenvalue weighted by molar-refractivity contribution is 5.93. The molecule has 1 aromatic heterocycles. The highest BCUT2D eigenvalue weighted by atomic mass is 19.4. The third-order valence-electron chi connectivity index (χ3n) is 4.13. The van der Waals surface area contributed by atoms with Crippen LogP contribution in [0.3, 0.4) is 0 Å². The number of halogens is 3. The van der Waals surface area contributed by atoms with Gasteiger partial charge in [-0.25, -0.2) is 4.98 Å². The maximum Gasteiger partial charge on any atom is 0.433 e. The smallest absolute Gasteiger partial charge is 0.433 e. The van der Waals surface area contributed by atoms with Crippen LogP contribution in [0, 0.1) is 13.8 Å². The predicted molar refractivity (Wildman–Crippen MR) is 103 cm³/mol. The van der Waals surface area contributed by atoms with Gasteiger partial charge in [-0.05, 0) is 55.3 Å². The zero-order valence-corrected chi connectivity index (χ0v) is 16.1. The number of aryl methyl sites for hydroxylation is 2. The van der Waals surface area contributed by atoms with Crippen LogP contribution in [0.1, 0.15) is 16.8 Å². The Hall–Kier alpha value is -3.29. The second kappa shape index (κ2) is 7.98. The summed E-state index contributed by atoms with van der Waals surface area (Å²) in [5, 5.41) is 3.00. The molecule has 1 amide bonds. The van der Waals surface area contributed by atoms with Crippen molar-refractivity contribution < 1.29 is 27.4 Å². The summed E-state index contributed by atoms with van der Waals surface area (Å²) in [4.78, 5) is 15.9. The molecule has 0 aliphatic carbocycles. The van der Waals surface area contributed by atoms with Gasteiger partial charge in [-0.15, -0.1) is 0 Å². The number of aromatic nitrogens is 1. The van der Waals surface area contributed by atoms with Crippen LogP contribution in [-0.2, 0) is 11.0 Å². The Kier molecular flexibility index (Phi) is 5.63. The van der Waals surface area contributed by atoms with E-state index >= 15 is 0 Å². The van der Waals surface area contributed by atoms with Gasteiger partial charge in [0.1, 0.15) is 17.2 Å². The molecule has 2 aromatic carbocycles. The summed E-state index contributed by atoms with van der Waals surface area (Å²) < 4.78 is 50.1. The van der Waals surface area contributed by atoms with Gasteiger partial charge in [-0.3, -0.25) is 4.79 Å². The van der Waals surface area contributed by atoms with Crippen molar-refractivity contribution in [3.63, 3.8) is 0 Å². The summed E-state index contributed by atoms with van der Waals surface area (Å²) in [6.07, 6.45) is -4.65. The van der Waals surface area contributed by atoms with Crippen LogP contribution < -0.4 is 14.8 Å². The van der Waals surface area contributed by atoms with Gasteiger partial charge < -0.3 is 14.8 Å². The molecule has 0 bridgehead atoms. The molecule has 0 atom stereocenters. The van der Waals surface area contributed by atoms with Crippen molar-refractivity contribution in [2.75, 3.05) is 19.0 Å². The van der Waals surface area contributed by atoms with E-state index in [1.807, 2.05) is 19.9 Å². The highest BCUT2D eigenvalue weighted by Crippen LogP contribution is 2.35. The SMILES string of the molecule is COc1ccc2nc(C(F)(F)F)cc(OCC(=O)Nc3cc(C)cc(C)c3)c2c1. The molecule has 5 nitrogen and oxygen atoms in total. The zero-order chi connectivity index (χ0) is 21.2. The lowest BCUT2D eigenvalue weighted by Crippen LogP contribution is -2.20. The Labute approximate surface area is 165 Å². The minimum Gasteiger partial charge on any atom is -0.497 e. The van der Waals surface area contributed by atoms with Crippen LogP contribution in [-0.4, -0.2) is 24.6 Å². The van der Waals surface area contributed by atoms with E-state index in [1.54, 1.807) is 12.1 Å². The number of fused-ring (bicyclic) bond motifs is 1. The summed E-state index contributed by atoms with van der Waals surface area (Å²) in [5.41, 5.74) is 1.53. The maximum absolute atomic E-state index is 13.2. The second-order valence-corrected chi connectivity index (χ2v) is 6.60. The van der Waals surface area contributed by atoms with Gasteiger partial charge in [0.25, 0.3) is 5.91 Å². The third kappa shape index (κ3) is 4.96. The van der Waals surface area contributed by atoms with E-state index in [-0.39, 0.29) is 11.3 Å². The summed E-state index contributed by atoms with van der Waals surface area (Å²) in [6, 6.07) is 10.8. The fraction of sp³-hybridized carbons (Fsp3) is 0.238. The van der Waals surface area contributed by atoms with Crippen molar-refractivity contribution in [3.05, 3.63) is 59.3 Å². The number of pyridine rings is 1. The van der Waals surface area contributed by atoms with E-state index in [0.717, 1.165) is 17.2 Å². The van der Waals surface area contributed by atoms with Crippen molar-refractivity contribution in [1.29, 1.82) is 0 Å². The van der Waals surface area contributed by atoms with Gasteiger partial charge in [-0.1, -0.05) is 6.07 Å². The Morgan fingerprint density at radius 3 is 2.38 bits per heavy atom. The number of carbonyl (C=O) groups is 1. The van der Waals surface area contributed by atoms with Crippen molar-refractivity contribution in [3.8, 4) is 11.5 Å². The molecule has 0 spiro atoms. The number of methoxy groups -OCH3 is 1. The first-order valence-electron chi connectivity index (χ1n) is 8.72. The summed E-state index contributed by atoms with van der Waals surface area (Å²) in [5.74, 6) is -0.156. The quantitative estimate of drug-likeness (QED) is 0.657. The summed E-state index contributed by atoms with van der Waals surface area (Å²) in [7, 11) is 1.44. The van der Waals surface area contributed by atoms with Gasteiger partial charge in [0.15, 0.2) is 6.61 Å². The molecule has 152 valence electrons. The standard InChI is InChI=1S/C21H19F3N2O3/c1-12-6-13(2)8-14(7-12)25-20(27)11-29-18-10-19(21(22,23)24)26-17-5-4-15(28-3)9-16(17)18/h4-10H,11H2,1-3H3,(H,25,27). The summed E-state index contributed by atoms with van der Waals surface area (Å²) in [6.45, 7) is 3.34. The number of nitrogens with zero attached hydrogens (tertiary/aromatic N) is 1. The van der Waals surface area contributed by atoms with Crippen LogP contribution in [0.15, 0.2) is 42.5 Å². The number of rotatable bonds is 5. The molecule has 3 rings (SSSR count). The summed E-state index contributed by atoms with van der Waals surface area (Å²) >= 11 is 0. The Morgan fingerprint density at radius 2 is 1.76 bits per heavy atom. The number of hydrogen-bond acceptors (Lipinski definition) is 4. The van der Waals surface area contributed by atoms with E-state index in [0.29, 0.717) is 16.8 Å². The lowest BCUT2D eigenvalue weighted by molar-refractivity contribution is -0.141. The fourth-order valence-electron chi connectivity index (χ4n) is 2.95. The Bertz CT molecular complexity index is 1040. The van der Waals surface area contributed by atoms with Crippen LogP contribution in [0.4, 0.5) is 18.9 Å². The first-order chi connectivity index (χ1) is 13.7. The van der Waals surface area contributed by atoms with Crippen molar-refractivity contribution in [2.45, 2.75) is 20.0 Å². The van der Waals surface area contributed by atoms with E-state index < -0.39 is 24.4 Å². The average molecular weight is 404 g/mol. The van der Waals surface area contributed by atoms with Crippen LogP contribution >= 0.6 is 0 Å². The predicted octanol–water partition coefficient (Wildman–Crippen LogP) is 4.90. The fourth-order valence-corrected chi connectivity index (χ4v) is 2.95. The molecule has 0 unspecified atom stereocenters. The van der Waals surface area contributed by atoms with Crippen LogP contribution in [0.25, 0.3) is 10.9 Å². The average Bonchev–Trinajstić information content (AvgIpc) is 2.63. The molecule has 0 saturated carbocycles. The molecule has 8 heteroatoms. The first-order valence-corrected chi connectivity index (χ1v) is 8.72. The molecule has 0 aliphatic heterocycles. The number of carbonyl (C=O) groups excluding carboxylic acids is 1. The molecule has 0 saturated heterocycles. The largest absolute Gasteiger partial charge is 0.497 e. The number of hydrogen-bond donors (Lipinski definition) is 1. The van der Waals surface area contributed by atoms with Crippen molar-refractivity contribution >= 4 is 22.5 Å². The molecule has 1 heterocycles. The lowest BCUT2D eigenvalue weighted by atomic mass is 10.1. The third-order valence-corrected chi connectivity index (χ3v) is 4.13. The van der Waals surface area contributed by atoms with Gasteiger partial charge in [0.05, 0.1) is 12.6 Å².